The molecule has 4 nitrogen and oxygen atoms in total. The van der Waals surface area contributed by atoms with E-state index in [9.17, 15) is 14.0 Å². The predicted molar refractivity (Wildman–Crippen MR) is 103 cm³/mol. The van der Waals surface area contributed by atoms with E-state index in [0.29, 0.717) is 5.69 Å². The quantitative estimate of drug-likeness (QED) is 0.792. The number of anilines is 2. The van der Waals surface area contributed by atoms with Crippen LogP contribution < -0.4 is 10.2 Å². The van der Waals surface area contributed by atoms with E-state index in [4.69, 9.17) is 11.6 Å². The van der Waals surface area contributed by atoms with Crippen LogP contribution in [0.2, 0.25) is 5.02 Å². The van der Waals surface area contributed by atoms with Gasteiger partial charge in [0, 0.05) is 31.3 Å². The van der Waals surface area contributed by atoms with Crippen LogP contribution in [0, 0.1) is 12.7 Å². The minimum atomic E-state index is -0.552. The minimum absolute atomic E-state index is 0.0642. The first-order chi connectivity index (χ1) is 12.3. The van der Waals surface area contributed by atoms with Gasteiger partial charge in [0.25, 0.3) is 0 Å². The third-order valence-corrected chi connectivity index (χ3v) is 4.45. The van der Waals surface area contributed by atoms with E-state index in [0.717, 1.165) is 23.2 Å². The second kappa shape index (κ2) is 8.81. The Kier molecular flexibility index (Phi) is 6.75. The van der Waals surface area contributed by atoms with Gasteiger partial charge in [-0.25, -0.2) is 4.39 Å². The normalized spacial score (nSPS) is 10.5. The number of para-hydroxylation sites is 1. The van der Waals surface area contributed by atoms with Gasteiger partial charge in [0.15, 0.2) is 0 Å². The highest BCUT2D eigenvalue weighted by Gasteiger charge is 2.16. The fraction of sp³-hybridized carbons (Fsp3) is 0.300. The van der Waals surface area contributed by atoms with Gasteiger partial charge in [-0.3, -0.25) is 9.59 Å². The summed E-state index contributed by atoms with van der Waals surface area (Å²) in [7, 11) is 0. The molecule has 0 bridgehead atoms. The SMILES string of the molecule is CCc1cccc(C)c1NC(=O)CCN(C(C)=O)c1ccc(F)c(Cl)c1. The number of nitrogens with one attached hydrogen (secondary N) is 1. The first-order valence-electron chi connectivity index (χ1n) is 8.45. The summed E-state index contributed by atoms with van der Waals surface area (Å²) in [6.07, 6.45) is 0.928. The van der Waals surface area contributed by atoms with Crippen LogP contribution in [0.1, 0.15) is 31.4 Å². The summed E-state index contributed by atoms with van der Waals surface area (Å²) in [6, 6.07) is 9.93. The van der Waals surface area contributed by atoms with Crippen LogP contribution in [0.25, 0.3) is 0 Å². The van der Waals surface area contributed by atoms with Crippen molar-refractivity contribution in [1.29, 1.82) is 0 Å². The molecule has 2 amide bonds. The molecule has 2 rings (SSSR count). The largest absolute Gasteiger partial charge is 0.326 e. The van der Waals surface area contributed by atoms with Crippen molar-refractivity contribution < 1.29 is 14.0 Å². The maximum Gasteiger partial charge on any atom is 0.226 e. The third kappa shape index (κ3) is 4.82. The smallest absolute Gasteiger partial charge is 0.226 e. The lowest BCUT2D eigenvalue weighted by molar-refractivity contribution is -0.117. The Bertz CT molecular complexity index is 823. The van der Waals surface area contributed by atoms with Gasteiger partial charge in [0.05, 0.1) is 5.02 Å². The molecule has 0 saturated heterocycles. The average molecular weight is 377 g/mol. The molecule has 0 spiro atoms. The number of benzene rings is 2. The number of hydrogen-bond donors (Lipinski definition) is 1. The van der Waals surface area contributed by atoms with Crippen molar-refractivity contribution in [3.05, 3.63) is 58.4 Å². The maximum absolute atomic E-state index is 13.3. The Morgan fingerprint density at radius 1 is 1.23 bits per heavy atom. The number of nitrogens with zero attached hydrogens (tertiary/aromatic N) is 1. The first-order valence-corrected chi connectivity index (χ1v) is 8.82. The molecular formula is C20H22ClFN2O2. The molecule has 0 aliphatic carbocycles. The van der Waals surface area contributed by atoms with E-state index in [1.165, 1.54) is 30.0 Å². The van der Waals surface area contributed by atoms with E-state index < -0.39 is 5.82 Å². The van der Waals surface area contributed by atoms with Gasteiger partial charge in [-0.1, -0.05) is 36.7 Å². The standard InChI is InChI=1S/C20H22ClFN2O2/c1-4-15-7-5-6-13(2)20(15)23-19(26)10-11-24(14(3)25)16-8-9-18(22)17(21)12-16/h5-9,12H,4,10-11H2,1-3H3,(H,23,26). The maximum atomic E-state index is 13.3. The van der Waals surface area contributed by atoms with E-state index >= 15 is 0 Å². The molecule has 6 heteroatoms. The molecule has 0 aliphatic rings. The summed E-state index contributed by atoms with van der Waals surface area (Å²) in [5.41, 5.74) is 3.33. The molecular weight excluding hydrogens is 355 g/mol. The molecule has 0 saturated carbocycles. The topological polar surface area (TPSA) is 49.4 Å². The Balaban J connectivity index is 2.09. The van der Waals surface area contributed by atoms with Crippen molar-refractivity contribution in [1.82, 2.24) is 0 Å². The van der Waals surface area contributed by atoms with Gasteiger partial charge in [-0.2, -0.15) is 0 Å². The van der Waals surface area contributed by atoms with Gasteiger partial charge in [0.1, 0.15) is 5.82 Å². The van der Waals surface area contributed by atoms with E-state index in [1.54, 1.807) is 0 Å². The monoisotopic (exact) mass is 376 g/mol. The van der Waals surface area contributed by atoms with Gasteiger partial charge in [0.2, 0.25) is 11.8 Å². The highest BCUT2D eigenvalue weighted by Crippen LogP contribution is 2.24. The van der Waals surface area contributed by atoms with Crippen LogP contribution in [0.3, 0.4) is 0 Å². The molecule has 26 heavy (non-hydrogen) atoms. The summed E-state index contributed by atoms with van der Waals surface area (Å²) in [5, 5.41) is 2.87. The van der Waals surface area contributed by atoms with Crippen molar-refractivity contribution in [3.63, 3.8) is 0 Å². The molecule has 1 N–H and O–H groups in total. The van der Waals surface area contributed by atoms with Crippen molar-refractivity contribution >= 4 is 34.8 Å². The predicted octanol–water partition coefficient (Wildman–Crippen LogP) is 4.73. The van der Waals surface area contributed by atoms with E-state index in [2.05, 4.69) is 5.32 Å². The molecule has 2 aromatic rings. The Hall–Kier alpha value is -2.40. The van der Waals surface area contributed by atoms with Crippen LogP contribution >= 0.6 is 11.6 Å². The second-order valence-electron chi connectivity index (χ2n) is 6.03. The number of hydrogen-bond acceptors (Lipinski definition) is 2. The number of aryl methyl sites for hydroxylation is 2. The number of halogens is 2. The van der Waals surface area contributed by atoms with Crippen LogP contribution in [-0.4, -0.2) is 18.4 Å². The van der Waals surface area contributed by atoms with Crippen molar-refractivity contribution in [3.8, 4) is 0 Å². The summed E-state index contributed by atoms with van der Waals surface area (Å²) in [4.78, 5) is 25.7. The Morgan fingerprint density at radius 3 is 2.58 bits per heavy atom. The summed E-state index contributed by atoms with van der Waals surface area (Å²) in [6.45, 7) is 5.54. The molecule has 0 aliphatic heterocycles. The number of rotatable bonds is 6. The summed E-state index contributed by atoms with van der Waals surface area (Å²) < 4.78 is 13.3. The molecule has 0 aromatic heterocycles. The van der Waals surface area contributed by atoms with Crippen LogP contribution in [0.15, 0.2) is 36.4 Å². The minimum Gasteiger partial charge on any atom is -0.326 e. The lowest BCUT2D eigenvalue weighted by atomic mass is 10.1. The van der Waals surface area contributed by atoms with Crippen molar-refractivity contribution in [2.75, 3.05) is 16.8 Å². The zero-order valence-electron chi connectivity index (χ0n) is 15.1. The average Bonchev–Trinajstić information content (AvgIpc) is 2.59. The molecule has 2 aromatic carbocycles. The Labute approximate surface area is 158 Å². The lowest BCUT2D eigenvalue weighted by Crippen LogP contribution is -2.32. The first kappa shape index (κ1) is 19.9. The zero-order chi connectivity index (χ0) is 19.3. The highest BCUT2D eigenvalue weighted by molar-refractivity contribution is 6.31. The lowest BCUT2D eigenvalue weighted by Gasteiger charge is -2.21. The zero-order valence-corrected chi connectivity index (χ0v) is 15.9. The van der Waals surface area contributed by atoms with Crippen molar-refractivity contribution in [2.24, 2.45) is 0 Å². The highest BCUT2D eigenvalue weighted by atomic mass is 35.5. The van der Waals surface area contributed by atoms with Gasteiger partial charge in [-0.15, -0.1) is 0 Å². The molecule has 138 valence electrons. The fourth-order valence-corrected chi connectivity index (χ4v) is 2.91. The van der Waals surface area contributed by atoms with Crippen molar-refractivity contribution in [2.45, 2.75) is 33.6 Å². The van der Waals surface area contributed by atoms with Gasteiger partial charge < -0.3 is 10.2 Å². The van der Waals surface area contributed by atoms with Gasteiger partial charge in [-0.05, 0) is 42.7 Å². The summed E-state index contributed by atoms with van der Waals surface area (Å²) in [5.74, 6) is -0.984. The van der Waals surface area contributed by atoms with Crippen LogP contribution in [0.5, 0.6) is 0 Å². The molecule has 0 fully saturated rings. The molecule has 0 atom stereocenters. The number of carbonyl (C=O) groups is 2. The van der Waals surface area contributed by atoms with Crippen LogP contribution in [-0.2, 0) is 16.0 Å². The second-order valence-corrected chi connectivity index (χ2v) is 6.44. The van der Waals surface area contributed by atoms with Crippen LogP contribution in [0.4, 0.5) is 15.8 Å². The molecule has 0 unspecified atom stereocenters. The number of carbonyl (C=O) groups excluding carboxylic acids is 2. The Morgan fingerprint density at radius 2 is 1.96 bits per heavy atom. The third-order valence-electron chi connectivity index (χ3n) is 4.16. The van der Waals surface area contributed by atoms with E-state index in [-0.39, 0.29) is 29.8 Å². The fourth-order valence-electron chi connectivity index (χ4n) is 2.74. The van der Waals surface area contributed by atoms with Gasteiger partial charge >= 0.3 is 0 Å². The number of amides is 2. The molecule has 0 radical (unpaired) electrons. The van der Waals surface area contributed by atoms with E-state index in [1.807, 2.05) is 32.0 Å². The molecule has 0 heterocycles. The summed E-state index contributed by atoms with van der Waals surface area (Å²) >= 11 is 5.79.